The third-order valence-corrected chi connectivity index (χ3v) is 2.04. The van der Waals surface area contributed by atoms with Crippen molar-refractivity contribution in [1.82, 2.24) is 5.32 Å². The molecule has 0 spiro atoms. The molecule has 114 valence electrons. The Morgan fingerprint density at radius 1 is 1.25 bits per heavy atom. The maximum absolute atomic E-state index is 11.4. The number of hydrogen-bond acceptors (Lipinski definition) is 4. The van der Waals surface area contributed by atoms with Gasteiger partial charge in [-0.2, -0.15) is 0 Å². The van der Waals surface area contributed by atoms with Gasteiger partial charge in [0.25, 0.3) is 0 Å². The second kappa shape index (κ2) is 9.18. The van der Waals surface area contributed by atoms with E-state index < -0.39 is 11.7 Å². The summed E-state index contributed by atoms with van der Waals surface area (Å²) in [4.78, 5) is 22.4. The van der Waals surface area contributed by atoms with Crippen molar-refractivity contribution < 1.29 is 19.1 Å². The van der Waals surface area contributed by atoms with E-state index in [0.29, 0.717) is 13.2 Å². The van der Waals surface area contributed by atoms with E-state index in [2.05, 4.69) is 5.32 Å². The molecule has 1 N–H and O–H groups in total. The summed E-state index contributed by atoms with van der Waals surface area (Å²) >= 11 is 0. The van der Waals surface area contributed by atoms with E-state index in [0.717, 1.165) is 0 Å². The highest BCUT2D eigenvalue weighted by molar-refractivity contribution is 5.82. The zero-order valence-electron chi connectivity index (χ0n) is 12.9. The van der Waals surface area contributed by atoms with Crippen LogP contribution in [0.15, 0.2) is 24.3 Å². The van der Waals surface area contributed by atoms with Crippen LogP contribution >= 0.6 is 0 Å². The third kappa shape index (κ3) is 11.3. The van der Waals surface area contributed by atoms with Crippen molar-refractivity contribution in [3.8, 4) is 0 Å². The monoisotopic (exact) mass is 283 g/mol. The van der Waals surface area contributed by atoms with Crippen molar-refractivity contribution in [2.24, 2.45) is 5.92 Å². The molecule has 1 atom stereocenters. The van der Waals surface area contributed by atoms with Gasteiger partial charge in [-0.15, -0.1) is 0 Å². The molecule has 0 saturated heterocycles. The van der Waals surface area contributed by atoms with E-state index in [1.54, 1.807) is 19.1 Å². The lowest BCUT2D eigenvalue weighted by Gasteiger charge is -2.20. The molecule has 20 heavy (non-hydrogen) atoms. The third-order valence-electron chi connectivity index (χ3n) is 2.04. The number of alkyl carbamates (subject to hydrolysis) is 1. The fraction of sp³-hybridized carbons (Fsp3) is 0.600. The van der Waals surface area contributed by atoms with Crippen molar-refractivity contribution in [2.45, 2.75) is 40.2 Å². The number of esters is 1. The van der Waals surface area contributed by atoms with Gasteiger partial charge < -0.3 is 14.8 Å². The zero-order chi connectivity index (χ0) is 15.6. The summed E-state index contributed by atoms with van der Waals surface area (Å²) in [6.07, 6.45) is 6.17. The molecule has 0 heterocycles. The Hall–Kier alpha value is -1.78. The second-order valence-electron chi connectivity index (χ2n) is 5.36. The average molecular weight is 283 g/mol. The predicted molar refractivity (Wildman–Crippen MR) is 78.3 cm³/mol. The highest BCUT2D eigenvalue weighted by Gasteiger charge is 2.15. The maximum atomic E-state index is 11.4. The summed E-state index contributed by atoms with van der Waals surface area (Å²) < 4.78 is 9.86. The molecule has 0 unspecified atom stereocenters. The molecule has 0 aromatic heterocycles. The number of ether oxygens (including phenoxy) is 2. The summed E-state index contributed by atoms with van der Waals surface area (Å²) in [6, 6.07) is 0. The Balaban J connectivity index is 3.96. The van der Waals surface area contributed by atoms with Crippen LogP contribution in [0, 0.1) is 5.92 Å². The lowest BCUT2D eigenvalue weighted by atomic mass is 10.1. The van der Waals surface area contributed by atoms with Crippen LogP contribution in [0.25, 0.3) is 0 Å². The molecular formula is C15H25NO4. The molecule has 0 fully saturated rings. The number of rotatable bonds is 6. The zero-order valence-corrected chi connectivity index (χ0v) is 12.9. The van der Waals surface area contributed by atoms with Gasteiger partial charge in [0.05, 0.1) is 6.61 Å². The maximum Gasteiger partial charge on any atom is 0.407 e. The number of carbonyl (C=O) groups excluding carboxylic acids is 2. The molecule has 0 aromatic carbocycles. The Morgan fingerprint density at radius 2 is 1.90 bits per heavy atom. The lowest BCUT2D eigenvalue weighted by molar-refractivity contribution is -0.137. The van der Waals surface area contributed by atoms with E-state index in [-0.39, 0.29) is 11.9 Å². The molecule has 0 bridgehead atoms. The molecular weight excluding hydrogens is 258 g/mol. The lowest BCUT2D eigenvalue weighted by Crippen LogP contribution is -2.34. The Bertz CT molecular complexity index is 367. The van der Waals surface area contributed by atoms with Crippen LogP contribution in [-0.2, 0) is 14.3 Å². The van der Waals surface area contributed by atoms with Crippen molar-refractivity contribution in [3.05, 3.63) is 24.3 Å². The van der Waals surface area contributed by atoms with E-state index in [1.165, 1.54) is 6.08 Å². The van der Waals surface area contributed by atoms with Crippen LogP contribution in [0.5, 0.6) is 0 Å². The summed E-state index contributed by atoms with van der Waals surface area (Å²) in [7, 11) is 0. The molecule has 1 amide bonds. The summed E-state index contributed by atoms with van der Waals surface area (Å²) in [5, 5.41) is 2.68. The van der Waals surface area contributed by atoms with Crippen molar-refractivity contribution in [1.29, 1.82) is 0 Å². The standard InChI is InChI=1S/C15H25NO4/c1-6-19-13(17)10-8-7-9-12(2)11-16-14(18)20-15(3,4)5/h7-10,12H,6,11H2,1-5H3,(H,16,18)/b9-7+,10-8+/t12-/m1/s1. The molecule has 5 nitrogen and oxygen atoms in total. The molecule has 0 aromatic rings. The Labute approximate surface area is 121 Å². The number of amides is 1. The minimum absolute atomic E-state index is 0.134. The molecule has 0 rings (SSSR count). The summed E-state index contributed by atoms with van der Waals surface area (Å²) in [5.41, 5.74) is -0.495. The second-order valence-corrected chi connectivity index (χ2v) is 5.36. The van der Waals surface area contributed by atoms with Gasteiger partial charge in [-0.3, -0.25) is 0 Å². The molecule has 0 radical (unpaired) electrons. The van der Waals surface area contributed by atoms with Crippen LogP contribution in [-0.4, -0.2) is 30.8 Å². The molecule has 0 saturated carbocycles. The van der Waals surface area contributed by atoms with Crippen LogP contribution < -0.4 is 5.32 Å². The Morgan fingerprint density at radius 3 is 2.45 bits per heavy atom. The smallest absolute Gasteiger partial charge is 0.407 e. The van der Waals surface area contributed by atoms with E-state index in [9.17, 15) is 9.59 Å². The molecule has 0 aliphatic heterocycles. The van der Waals surface area contributed by atoms with Crippen molar-refractivity contribution >= 4 is 12.1 Å². The van der Waals surface area contributed by atoms with Crippen LogP contribution in [0.3, 0.4) is 0 Å². The van der Waals surface area contributed by atoms with Gasteiger partial charge in [-0.25, -0.2) is 9.59 Å². The minimum Gasteiger partial charge on any atom is -0.463 e. The minimum atomic E-state index is -0.495. The number of carbonyl (C=O) groups is 2. The first-order valence-corrected chi connectivity index (χ1v) is 6.73. The fourth-order valence-electron chi connectivity index (χ4n) is 1.20. The number of nitrogens with one attached hydrogen (secondary N) is 1. The number of hydrogen-bond donors (Lipinski definition) is 1. The summed E-state index contributed by atoms with van der Waals surface area (Å²) in [5.74, 6) is -0.231. The first-order valence-electron chi connectivity index (χ1n) is 6.73. The van der Waals surface area contributed by atoms with Gasteiger partial charge in [0, 0.05) is 12.6 Å². The SMILES string of the molecule is CCOC(=O)/C=C/C=C/[C@@H](C)CNC(=O)OC(C)(C)C. The van der Waals surface area contributed by atoms with Crippen LogP contribution in [0.2, 0.25) is 0 Å². The van der Waals surface area contributed by atoms with Crippen LogP contribution in [0.1, 0.15) is 34.6 Å². The number of allylic oxidation sites excluding steroid dienone is 2. The van der Waals surface area contributed by atoms with Crippen molar-refractivity contribution in [2.75, 3.05) is 13.2 Å². The van der Waals surface area contributed by atoms with Gasteiger partial charge in [0.2, 0.25) is 0 Å². The van der Waals surface area contributed by atoms with Gasteiger partial charge in [0.1, 0.15) is 5.60 Å². The van der Waals surface area contributed by atoms with Gasteiger partial charge in [-0.1, -0.05) is 25.2 Å². The highest BCUT2D eigenvalue weighted by Crippen LogP contribution is 2.06. The molecule has 0 aliphatic carbocycles. The quantitative estimate of drug-likeness (QED) is 0.462. The normalized spacial score (nSPS) is 13.4. The van der Waals surface area contributed by atoms with E-state index in [1.807, 2.05) is 33.8 Å². The largest absolute Gasteiger partial charge is 0.463 e. The summed E-state index contributed by atoms with van der Waals surface area (Å²) in [6.45, 7) is 9.99. The topological polar surface area (TPSA) is 64.6 Å². The molecule has 0 aliphatic rings. The van der Waals surface area contributed by atoms with Gasteiger partial charge in [0.15, 0.2) is 0 Å². The first kappa shape index (κ1) is 18.2. The predicted octanol–water partition coefficient (Wildman–Crippen LogP) is 2.82. The fourth-order valence-corrected chi connectivity index (χ4v) is 1.20. The average Bonchev–Trinajstić information content (AvgIpc) is 2.30. The highest BCUT2D eigenvalue weighted by atomic mass is 16.6. The molecule has 5 heteroatoms. The Kier molecular flexibility index (Phi) is 8.36. The van der Waals surface area contributed by atoms with E-state index >= 15 is 0 Å². The van der Waals surface area contributed by atoms with Gasteiger partial charge >= 0.3 is 12.1 Å². The van der Waals surface area contributed by atoms with Crippen molar-refractivity contribution in [3.63, 3.8) is 0 Å². The van der Waals surface area contributed by atoms with Crippen LogP contribution in [0.4, 0.5) is 4.79 Å². The first-order chi connectivity index (χ1) is 9.24. The van der Waals surface area contributed by atoms with Gasteiger partial charge in [-0.05, 0) is 33.6 Å². The van der Waals surface area contributed by atoms with E-state index in [4.69, 9.17) is 9.47 Å².